The van der Waals surface area contributed by atoms with E-state index in [0.717, 1.165) is 35.1 Å². The molecule has 0 bridgehead atoms. The molecule has 7 heteroatoms. The summed E-state index contributed by atoms with van der Waals surface area (Å²) >= 11 is 1.56. The number of amides is 1. The quantitative estimate of drug-likeness (QED) is 0.758. The second kappa shape index (κ2) is 6.88. The van der Waals surface area contributed by atoms with Gasteiger partial charge in [0.25, 0.3) is 5.91 Å². The minimum Gasteiger partial charge on any atom is -0.370 e. The number of likely N-dealkylation sites (tertiary alicyclic amines) is 1. The van der Waals surface area contributed by atoms with E-state index in [4.69, 9.17) is 4.99 Å². The first-order valence-electron chi connectivity index (χ1n) is 9.72. The summed E-state index contributed by atoms with van der Waals surface area (Å²) < 4.78 is 0. The van der Waals surface area contributed by atoms with Crippen molar-refractivity contribution in [2.75, 3.05) is 23.7 Å². The number of amidine groups is 1. The van der Waals surface area contributed by atoms with E-state index >= 15 is 0 Å². The van der Waals surface area contributed by atoms with Crippen LogP contribution in [0.3, 0.4) is 0 Å². The number of nitrogens with zero attached hydrogens (tertiary/aromatic N) is 3. The van der Waals surface area contributed by atoms with Crippen LogP contribution in [-0.2, 0) is 0 Å². The van der Waals surface area contributed by atoms with Gasteiger partial charge in [-0.25, -0.2) is 4.98 Å². The summed E-state index contributed by atoms with van der Waals surface area (Å²) in [6.45, 7) is 9.72. The number of piperidine rings is 1. The van der Waals surface area contributed by atoms with Gasteiger partial charge in [-0.3, -0.25) is 9.79 Å². The number of carbonyl (C=O) groups is 1. The van der Waals surface area contributed by atoms with Crippen LogP contribution in [0.2, 0.25) is 0 Å². The van der Waals surface area contributed by atoms with Crippen molar-refractivity contribution in [3.63, 3.8) is 0 Å². The zero-order chi connectivity index (χ0) is 19.9. The highest BCUT2D eigenvalue weighted by Crippen LogP contribution is 2.37. The number of aromatic nitrogens is 1. The molecule has 0 saturated carbocycles. The molecule has 2 aromatic heterocycles. The average molecular weight is 398 g/mol. The smallest absolute Gasteiger partial charge is 0.263 e. The van der Waals surface area contributed by atoms with Crippen molar-refractivity contribution in [2.45, 2.75) is 51.6 Å². The number of anilines is 2. The Balaban J connectivity index is 1.59. The predicted octanol–water partition coefficient (Wildman–Crippen LogP) is 4.16. The van der Waals surface area contributed by atoms with Crippen molar-refractivity contribution >= 4 is 34.6 Å². The SMILES string of the molecule is Cc1ccc(C(=O)N2CCC3(CC2)Nc2cccnc2NC3=NC(C)(C)C)s1. The van der Waals surface area contributed by atoms with E-state index in [-0.39, 0.29) is 17.0 Å². The highest BCUT2D eigenvalue weighted by molar-refractivity contribution is 7.13. The highest BCUT2D eigenvalue weighted by Gasteiger charge is 2.44. The van der Waals surface area contributed by atoms with E-state index in [1.165, 1.54) is 4.88 Å². The lowest BCUT2D eigenvalue weighted by Crippen LogP contribution is -2.59. The van der Waals surface area contributed by atoms with E-state index < -0.39 is 0 Å². The molecule has 1 amide bonds. The first-order valence-corrected chi connectivity index (χ1v) is 10.5. The molecule has 0 aliphatic carbocycles. The maximum Gasteiger partial charge on any atom is 0.263 e. The van der Waals surface area contributed by atoms with Gasteiger partial charge in [-0.2, -0.15) is 0 Å². The Morgan fingerprint density at radius 3 is 2.64 bits per heavy atom. The van der Waals surface area contributed by atoms with Crippen molar-refractivity contribution in [1.29, 1.82) is 0 Å². The molecular weight excluding hydrogens is 370 g/mol. The van der Waals surface area contributed by atoms with Crippen LogP contribution in [0.1, 0.15) is 48.2 Å². The van der Waals surface area contributed by atoms with Gasteiger partial charge in [0, 0.05) is 24.2 Å². The number of nitrogens with one attached hydrogen (secondary N) is 2. The van der Waals surface area contributed by atoms with Gasteiger partial charge in [0.05, 0.1) is 21.6 Å². The fraction of sp³-hybridized carbons (Fsp3) is 0.476. The Labute approximate surface area is 170 Å². The zero-order valence-corrected chi connectivity index (χ0v) is 17.7. The second-order valence-corrected chi connectivity index (χ2v) is 9.85. The van der Waals surface area contributed by atoms with Crippen molar-refractivity contribution in [3.8, 4) is 0 Å². The standard InChI is InChI=1S/C21H27N5OS/c1-14-7-8-16(28-14)18(27)26-12-9-21(10-13-26)19(25-20(2,3)4)23-17-15(24-21)6-5-11-22-17/h5-8,11,24H,9-10,12-13H2,1-4H3,(H,22,23,25). The lowest BCUT2D eigenvalue weighted by atomic mass is 9.83. The maximum atomic E-state index is 12.9. The van der Waals surface area contributed by atoms with Crippen LogP contribution in [0.4, 0.5) is 11.5 Å². The van der Waals surface area contributed by atoms with Crippen LogP contribution in [0, 0.1) is 6.92 Å². The van der Waals surface area contributed by atoms with E-state index in [0.29, 0.717) is 13.1 Å². The largest absolute Gasteiger partial charge is 0.370 e. The number of pyridine rings is 1. The van der Waals surface area contributed by atoms with Gasteiger partial charge >= 0.3 is 0 Å². The summed E-state index contributed by atoms with van der Waals surface area (Å²) in [5, 5.41) is 7.17. The van der Waals surface area contributed by atoms with E-state index in [9.17, 15) is 4.79 Å². The summed E-state index contributed by atoms with van der Waals surface area (Å²) in [5.41, 5.74) is 0.486. The summed E-state index contributed by atoms with van der Waals surface area (Å²) in [7, 11) is 0. The topological polar surface area (TPSA) is 69.6 Å². The van der Waals surface area contributed by atoms with Crippen LogP contribution in [0.15, 0.2) is 35.5 Å². The molecule has 4 heterocycles. The monoisotopic (exact) mass is 397 g/mol. The molecule has 2 N–H and O–H groups in total. The van der Waals surface area contributed by atoms with Crippen LogP contribution in [-0.4, -0.2) is 45.8 Å². The highest BCUT2D eigenvalue weighted by atomic mass is 32.1. The lowest BCUT2D eigenvalue weighted by Gasteiger charge is -2.46. The minimum atomic E-state index is -0.300. The molecule has 6 nitrogen and oxygen atoms in total. The van der Waals surface area contributed by atoms with Crippen LogP contribution in [0.5, 0.6) is 0 Å². The van der Waals surface area contributed by atoms with Gasteiger partial charge in [-0.15, -0.1) is 11.3 Å². The summed E-state index contributed by atoms with van der Waals surface area (Å²) in [5.74, 6) is 1.86. The number of hydrogen-bond donors (Lipinski definition) is 2. The van der Waals surface area contributed by atoms with Gasteiger partial charge in [-0.1, -0.05) is 0 Å². The maximum absolute atomic E-state index is 12.9. The van der Waals surface area contributed by atoms with Crippen molar-refractivity contribution in [1.82, 2.24) is 9.88 Å². The Morgan fingerprint density at radius 2 is 2.00 bits per heavy atom. The first kappa shape index (κ1) is 18.9. The second-order valence-electron chi connectivity index (χ2n) is 8.57. The summed E-state index contributed by atoms with van der Waals surface area (Å²) in [6, 6.07) is 7.91. The molecule has 0 atom stereocenters. The van der Waals surface area contributed by atoms with Crippen LogP contribution < -0.4 is 10.6 Å². The number of thiophene rings is 1. The number of aryl methyl sites for hydroxylation is 1. The van der Waals surface area contributed by atoms with Gasteiger partial charge in [0.15, 0.2) is 5.82 Å². The Kier molecular flexibility index (Phi) is 4.65. The average Bonchev–Trinajstić information content (AvgIpc) is 3.08. The third-order valence-electron chi connectivity index (χ3n) is 5.17. The normalized spacial score (nSPS) is 19.9. The first-order chi connectivity index (χ1) is 13.3. The molecule has 0 aromatic carbocycles. The summed E-state index contributed by atoms with van der Waals surface area (Å²) in [6.07, 6.45) is 3.39. The molecule has 4 rings (SSSR count). The summed E-state index contributed by atoms with van der Waals surface area (Å²) in [4.78, 5) is 26.2. The molecule has 1 fully saturated rings. The molecule has 148 valence electrons. The lowest BCUT2D eigenvalue weighted by molar-refractivity contribution is 0.0709. The zero-order valence-electron chi connectivity index (χ0n) is 16.9. The van der Waals surface area contributed by atoms with E-state index in [1.807, 2.05) is 36.1 Å². The van der Waals surface area contributed by atoms with Crippen molar-refractivity contribution < 1.29 is 4.79 Å². The van der Waals surface area contributed by atoms with Gasteiger partial charge < -0.3 is 15.5 Å². The van der Waals surface area contributed by atoms with Crippen molar-refractivity contribution in [2.24, 2.45) is 4.99 Å². The van der Waals surface area contributed by atoms with Gasteiger partial charge in [-0.05, 0) is 64.8 Å². The van der Waals surface area contributed by atoms with Gasteiger partial charge in [0.2, 0.25) is 0 Å². The third-order valence-corrected chi connectivity index (χ3v) is 6.16. The van der Waals surface area contributed by atoms with Crippen LogP contribution >= 0.6 is 11.3 Å². The minimum absolute atomic E-state index is 0.132. The fourth-order valence-electron chi connectivity index (χ4n) is 3.78. The molecule has 1 saturated heterocycles. The molecule has 2 aliphatic rings. The van der Waals surface area contributed by atoms with Gasteiger partial charge in [0.1, 0.15) is 5.84 Å². The van der Waals surface area contributed by atoms with E-state index in [2.05, 4.69) is 36.4 Å². The molecule has 1 spiro atoms. The Morgan fingerprint density at radius 1 is 1.25 bits per heavy atom. The molecule has 28 heavy (non-hydrogen) atoms. The number of aliphatic imine (C=N–C) groups is 1. The predicted molar refractivity (Wildman–Crippen MR) is 116 cm³/mol. The molecule has 2 aromatic rings. The number of carbonyl (C=O) groups excluding carboxylic acids is 1. The molecule has 2 aliphatic heterocycles. The number of hydrogen-bond acceptors (Lipinski definition) is 5. The van der Waals surface area contributed by atoms with Crippen LogP contribution in [0.25, 0.3) is 0 Å². The van der Waals surface area contributed by atoms with E-state index in [1.54, 1.807) is 17.5 Å². The Bertz CT molecular complexity index is 919. The van der Waals surface area contributed by atoms with Crippen molar-refractivity contribution in [3.05, 3.63) is 40.2 Å². The fourth-order valence-corrected chi connectivity index (χ4v) is 4.62. The Hall–Kier alpha value is -2.41. The molecular formula is C21H27N5OS. The molecule has 0 radical (unpaired) electrons. The molecule has 0 unspecified atom stereocenters. The third kappa shape index (κ3) is 3.63. The number of rotatable bonds is 1. The number of fused-ring (bicyclic) bond motifs is 1.